The number of sulfonamides is 1. The van der Waals surface area contributed by atoms with Crippen molar-refractivity contribution >= 4 is 38.6 Å². The van der Waals surface area contributed by atoms with Crippen molar-refractivity contribution in [2.24, 2.45) is 17.8 Å². The van der Waals surface area contributed by atoms with E-state index in [1.165, 1.54) is 6.42 Å². The molecule has 1 aromatic rings. The zero-order valence-electron chi connectivity index (χ0n) is 15.2. The van der Waals surface area contributed by atoms with E-state index in [1.54, 1.807) is 12.1 Å². The molecule has 1 aromatic carbocycles. The second kappa shape index (κ2) is 9.05. The number of hydrogen-bond acceptors (Lipinski definition) is 3. The maximum absolute atomic E-state index is 12.8. The Morgan fingerprint density at radius 2 is 1.89 bits per heavy atom. The first kappa shape index (κ1) is 20.8. The predicted molar refractivity (Wildman–Crippen MR) is 113 cm³/mol. The first-order valence-corrected chi connectivity index (χ1v) is 12.1. The van der Waals surface area contributed by atoms with E-state index in [4.69, 9.17) is 5.11 Å². The Labute approximate surface area is 174 Å². The SMILES string of the molecule is O=C(O)CCC/C=C/CC1C2CCC(C2)C1NS(=O)(=O)c1ccc(I)cc1. The quantitative estimate of drug-likeness (QED) is 0.301. The van der Waals surface area contributed by atoms with Crippen LogP contribution in [0.25, 0.3) is 0 Å². The number of unbranched alkanes of at least 4 members (excludes halogenated alkanes) is 1. The third-order valence-electron chi connectivity index (χ3n) is 5.84. The van der Waals surface area contributed by atoms with Gasteiger partial charge in [0.15, 0.2) is 0 Å². The number of allylic oxidation sites excluding steroid dienone is 2. The molecule has 0 heterocycles. The fourth-order valence-electron chi connectivity index (χ4n) is 4.54. The molecule has 7 heteroatoms. The van der Waals surface area contributed by atoms with E-state index < -0.39 is 16.0 Å². The predicted octanol–water partition coefficient (Wildman–Crippen LogP) is 4.19. The van der Waals surface area contributed by atoms with Crippen molar-refractivity contribution in [1.29, 1.82) is 0 Å². The molecule has 0 aliphatic heterocycles. The third-order valence-corrected chi connectivity index (χ3v) is 8.03. The van der Waals surface area contributed by atoms with E-state index in [9.17, 15) is 13.2 Å². The van der Waals surface area contributed by atoms with Gasteiger partial charge in [-0.2, -0.15) is 0 Å². The van der Waals surface area contributed by atoms with Gasteiger partial charge in [0.2, 0.25) is 10.0 Å². The van der Waals surface area contributed by atoms with Crippen LogP contribution in [-0.4, -0.2) is 25.5 Å². The minimum Gasteiger partial charge on any atom is -0.481 e. The van der Waals surface area contributed by atoms with Crippen LogP contribution in [0.3, 0.4) is 0 Å². The van der Waals surface area contributed by atoms with Crippen LogP contribution in [0.2, 0.25) is 0 Å². The van der Waals surface area contributed by atoms with Crippen LogP contribution in [0.4, 0.5) is 0 Å². The van der Waals surface area contributed by atoms with E-state index in [1.807, 2.05) is 18.2 Å². The van der Waals surface area contributed by atoms with Gasteiger partial charge in [0.1, 0.15) is 0 Å². The minimum absolute atomic E-state index is 0.00306. The normalized spacial score (nSPS) is 27.4. The Hall–Kier alpha value is -0.930. The Bertz CT molecular complexity index is 791. The number of halogens is 1. The number of rotatable bonds is 9. The fourth-order valence-corrected chi connectivity index (χ4v) is 6.25. The lowest BCUT2D eigenvalue weighted by Gasteiger charge is -2.31. The van der Waals surface area contributed by atoms with Gasteiger partial charge in [-0.1, -0.05) is 12.2 Å². The van der Waals surface area contributed by atoms with Gasteiger partial charge < -0.3 is 5.11 Å². The molecule has 0 saturated heterocycles. The molecule has 2 bridgehead atoms. The standard InChI is InChI=1S/C20H26INO4S/c21-16-9-11-17(12-10-16)27(25,26)22-20-15-8-7-14(13-15)18(20)5-3-1-2-4-6-19(23)24/h1,3,9-12,14-15,18,20,22H,2,4-8,13H2,(H,23,24)/b3-1+. The molecule has 2 aliphatic rings. The molecule has 148 valence electrons. The van der Waals surface area contributed by atoms with Crippen molar-refractivity contribution in [3.63, 3.8) is 0 Å². The molecule has 0 aromatic heterocycles. The number of carboxylic acid groups (broad SMARTS) is 1. The smallest absolute Gasteiger partial charge is 0.303 e. The van der Waals surface area contributed by atoms with E-state index in [-0.39, 0.29) is 12.5 Å². The molecule has 27 heavy (non-hydrogen) atoms. The molecular weight excluding hydrogens is 477 g/mol. The molecule has 4 unspecified atom stereocenters. The molecule has 5 nitrogen and oxygen atoms in total. The van der Waals surface area contributed by atoms with Crippen LogP contribution in [0, 0.1) is 21.3 Å². The third kappa shape index (κ3) is 5.32. The van der Waals surface area contributed by atoms with Gasteiger partial charge in [-0.3, -0.25) is 4.79 Å². The summed E-state index contributed by atoms with van der Waals surface area (Å²) in [5, 5.41) is 8.68. The number of fused-ring (bicyclic) bond motifs is 2. The molecule has 2 fully saturated rings. The summed E-state index contributed by atoms with van der Waals surface area (Å²) in [6.07, 6.45) is 9.99. The van der Waals surface area contributed by atoms with Crippen molar-refractivity contribution in [2.45, 2.75) is 55.9 Å². The van der Waals surface area contributed by atoms with Crippen LogP contribution in [0.1, 0.15) is 44.9 Å². The maximum Gasteiger partial charge on any atom is 0.303 e. The highest BCUT2D eigenvalue weighted by Crippen LogP contribution is 2.50. The summed E-state index contributed by atoms with van der Waals surface area (Å²) >= 11 is 2.17. The molecular formula is C20H26INO4S. The average molecular weight is 503 g/mol. The van der Waals surface area contributed by atoms with Crippen LogP contribution >= 0.6 is 22.6 Å². The largest absolute Gasteiger partial charge is 0.481 e. The lowest BCUT2D eigenvalue weighted by molar-refractivity contribution is -0.137. The van der Waals surface area contributed by atoms with Crippen molar-refractivity contribution in [1.82, 2.24) is 4.72 Å². The van der Waals surface area contributed by atoms with Crippen molar-refractivity contribution < 1.29 is 18.3 Å². The average Bonchev–Trinajstić information content (AvgIpc) is 3.20. The summed E-state index contributed by atoms with van der Waals surface area (Å²) in [7, 11) is -3.51. The monoisotopic (exact) mass is 503 g/mol. The van der Waals surface area contributed by atoms with Gasteiger partial charge in [0.05, 0.1) is 4.90 Å². The zero-order chi connectivity index (χ0) is 19.4. The van der Waals surface area contributed by atoms with Gasteiger partial charge in [-0.25, -0.2) is 13.1 Å². The van der Waals surface area contributed by atoms with E-state index >= 15 is 0 Å². The highest BCUT2D eigenvalue weighted by molar-refractivity contribution is 14.1. The first-order valence-electron chi connectivity index (χ1n) is 9.51. The summed E-state index contributed by atoms with van der Waals surface area (Å²) in [5.41, 5.74) is 0. The van der Waals surface area contributed by atoms with Crippen molar-refractivity contribution in [3.8, 4) is 0 Å². The molecule has 0 spiro atoms. The van der Waals surface area contributed by atoms with Gasteiger partial charge in [0, 0.05) is 16.0 Å². The molecule has 4 atom stereocenters. The highest BCUT2D eigenvalue weighted by Gasteiger charge is 2.48. The number of hydrogen-bond donors (Lipinski definition) is 2. The van der Waals surface area contributed by atoms with Crippen LogP contribution < -0.4 is 4.72 Å². The van der Waals surface area contributed by atoms with Gasteiger partial charge >= 0.3 is 5.97 Å². The number of benzene rings is 1. The summed E-state index contributed by atoms with van der Waals surface area (Å²) < 4.78 is 29.6. The van der Waals surface area contributed by atoms with Crippen LogP contribution in [0.5, 0.6) is 0 Å². The Balaban J connectivity index is 1.62. The second-order valence-corrected chi connectivity index (χ2v) is 10.6. The fraction of sp³-hybridized carbons (Fsp3) is 0.550. The highest BCUT2D eigenvalue weighted by atomic mass is 127. The second-order valence-electron chi connectivity index (χ2n) is 7.59. The number of carbonyl (C=O) groups is 1. The molecule has 2 saturated carbocycles. The van der Waals surface area contributed by atoms with E-state index in [0.29, 0.717) is 29.1 Å². The molecule has 2 aliphatic carbocycles. The summed E-state index contributed by atoms with van der Waals surface area (Å²) in [4.78, 5) is 10.9. The molecule has 2 N–H and O–H groups in total. The zero-order valence-corrected chi connectivity index (χ0v) is 18.2. The maximum atomic E-state index is 12.8. The lowest BCUT2D eigenvalue weighted by atomic mass is 9.83. The molecule has 0 amide bonds. The molecule has 0 radical (unpaired) electrons. The van der Waals surface area contributed by atoms with Gasteiger partial charge in [0.25, 0.3) is 0 Å². The molecule has 3 rings (SSSR count). The van der Waals surface area contributed by atoms with Crippen molar-refractivity contribution in [3.05, 3.63) is 40.0 Å². The summed E-state index contributed by atoms with van der Waals surface area (Å²) in [5.74, 6) is 0.585. The van der Waals surface area contributed by atoms with Gasteiger partial charge in [-0.15, -0.1) is 0 Å². The van der Waals surface area contributed by atoms with Crippen molar-refractivity contribution in [2.75, 3.05) is 0 Å². The summed E-state index contributed by atoms with van der Waals surface area (Å²) in [6, 6.07) is 6.95. The van der Waals surface area contributed by atoms with E-state index in [0.717, 1.165) is 29.3 Å². The Morgan fingerprint density at radius 3 is 2.59 bits per heavy atom. The topological polar surface area (TPSA) is 83.5 Å². The number of aliphatic carboxylic acids is 1. The van der Waals surface area contributed by atoms with E-state index in [2.05, 4.69) is 33.4 Å². The van der Waals surface area contributed by atoms with Crippen LogP contribution in [0.15, 0.2) is 41.3 Å². The number of carboxylic acids is 1. The van der Waals surface area contributed by atoms with Crippen LogP contribution in [-0.2, 0) is 14.8 Å². The summed E-state index contributed by atoms with van der Waals surface area (Å²) in [6.45, 7) is 0. The number of nitrogens with one attached hydrogen (secondary N) is 1. The van der Waals surface area contributed by atoms with Gasteiger partial charge in [-0.05, 0) is 103 Å². The Morgan fingerprint density at radius 1 is 1.19 bits per heavy atom. The first-order chi connectivity index (χ1) is 12.9. The Kier molecular flexibility index (Phi) is 6.97. The lowest BCUT2D eigenvalue weighted by Crippen LogP contribution is -2.43. The minimum atomic E-state index is -3.51.